The molecule has 0 aliphatic rings. The highest BCUT2D eigenvalue weighted by atomic mass is 16.5. The Morgan fingerprint density at radius 2 is 2.18 bits per heavy atom. The zero-order valence-corrected chi connectivity index (χ0v) is 9.55. The van der Waals surface area contributed by atoms with Crippen LogP contribution in [0.1, 0.15) is 6.92 Å². The summed E-state index contributed by atoms with van der Waals surface area (Å²) in [4.78, 5) is 8.09. The Morgan fingerprint density at radius 1 is 1.29 bits per heavy atom. The number of nitrogen functional groups attached to an aromatic ring is 1. The lowest BCUT2D eigenvalue weighted by molar-refractivity contribution is 0.326. The highest BCUT2D eigenvalue weighted by Gasteiger charge is 2.00. The van der Waals surface area contributed by atoms with Crippen molar-refractivity contribution in [1.82, 2.24) is 9.97 Å². The Balaban J connectivity index is 2.15. The van der Waals surface area contributed by atoms with Crippen LogP contribution in [0.4, 0.5) is 17.2 Å². The molecule has 0 unspecified atom stereocenters. The summed E-state index contributed by atoms with van der Waals surface area (Å²) >= 11 is 0. The summed E-state index contributed by atoms with van der Waals surface area (Å²) in [6.45, 7) is 2.49. The largest absolute Gasteiger partial charge is 0.478 e. The minimum atomic E-state index is 0.550. The molecule has 1 aromatic carbocycles. The van der Waals surface area contributed by atoms with Crippen molar-refractivity contribution < 1.29 is 4.74 Å². The summed E-state index contributed by atoms with van der Waals surface area (Å²) in [6, 6.07) is 9.20. The fourth-order valence-corrected chi connectivity index (χ4v) is 1.40. The molecule has 5 nitrogen and oxygen atoms in total. The van der Waals surface area contributed by atoms with Crippen LogP contribution in [0.25, 0.3) is 0 Å². The van der Waals surface area contributed by atoms with Crippen molar-refractivity contribution in [2.24, 2.45) is 0 Å². The van der Waals surface area contributed by atoms with Gasteiger partial charge in [-0.25, -0.2) is 9.97 Å². The van der Waals surface area contributed by atoms with Crippen molar-refractivity contribution in [3.63, 3.8) is 0 Å². The second-order valence-electron chi connectivity index (χ2n) is 3.42. The number of hydrogen-bond acceptors (Lipinski definition) is 5. The van der Waals surface area contributed by atoms with E-state index in [4.69, 9.17) is 10.5 Å². The van der Waals surface area contributed by atoms with Gasteiger partial charge in [-0.2, -0.15) is 0 Å². The maximum absolute atomic E-state index is 5.69. The summed E-state index contributed by atoms with van der Waals surface area (Å²) in [5, 5.41) is 3.13. The van der Waals surface area contributed by atoms with E-state index in [0.717, 1.165) is 5.69 Å². The van der Waals surface area contributed by atoms with Gasteiger partial charge in [0.2, 0.25) is 5.88 Å². The predicted molar refractivity (Wildman–Crippen MR) is 67.3 cm³/mol. The third kappa shape index (κ3) is 3.07. The topological polar surface area (TPSA) is 73.1 Å². The second-order valence-corrected chi connectivity index (χ2v) is 3.42. The van der Waals surface area contributed by atoms with Crippen molar-refractivity contribution in [2.45, 2.75) is 6.92 Å². The molecule has 2 aromatic rings. The Bertz CT molecular complexity index is 501. The Labute approximate surface area is 99.7 Å². The van der Waals surface area contributed by atoms with Crippen molar-refractivity contribution in [2.75, 3.05) is 17.7 Å². The van der Waals surface area contributed by atoms with E-state index in [2.05, 4.69) is 15.3 Å². The smallest absolute Gasteiger partial charge is 0.218 e. The van der Waals surface area contributed by atoms with Crippen LogP contribution in [0, 0.1) is 0 Å². The van der Waals surface area contributed by atoms with Gasteiger partial charge in [0, 0.05) is 17.4 Å². The molecule has 0 aliphatic carbocycles. The first-order chi connectivity index (χ1) is 8.28. The quantitative estimate of drug-likeness (QED) is 0.788. The zero-order valence-electron chi connectivity index (χ0n) is 9.55. The summed E-state index contributed by atoms with van der Waals surface area (Å²) < 4.78 is 5.29. The molecule has 0 saturated heterocycles. The molecule has 5 heteroatoms. The maximum Gasteiger partial charge on any atom is 0.218 e. The summed E-state index contributed by atoms with van der Waals surface area (Å²) in [7, 11) is 0. The van der Waals surface area contributed by atoms with E-state index in [1.807, 2.05) is 31.2 Å². The lowest BCUT2D eigenvalue weighted by Crippen LogP contribution is -1.98. The molecule has 88 valence electrons. The minimum Gasteiger partial charge on any atom is -0.478 e. The normalized spacial score (nSPS) is 9.94. The summed E-state index contributed by atoms with van der Waals surface area (Å²) in [5.41, 5.74) is 7.28. The molecular formula is C12H14N4O. The molecule has 1 heterocycles. The standard InChI is InChI=1S/C12H14N4O/c1-2-17-12-7-11(14-8-15-12)16-10-5-3-4-9(13)6-10/h3-8H,2,13H2,1H3,(H,14,15,16). The van der Waals surface area contributed by atoms with Crippen LogP contribution in [0.3, 0.4) is 0 Å². The monoisotopic (exact) mass is 230 g/mol. The average molecular weight is 230 g/mol. The van der Waals surface area contributed by atoms with Crippen LogP contribution >= 0.6 is 0 Å². The molecule has 0 radical (unpaired) electrons. The van der Waals surface area contributed by atoms with Gasteiger partial charge < -0.3 is 15.8 Å². The summed E-state index contributed by atoms with van der Waals surface area (Å²) in [6.07, 6.45) is 1.46. The van der Waals surface area contributed by atoms with E-state index in [-0.39, 0.29) is 0 Å². The maximum atomic E-state index is 5.69. The first-order valence-electron chi connectivity index (χ1n) is 5.35. The second kappa shape index (κ2) is 5.16. The Kier molecular flexibility index (Phi) is 3.40. The number of nitrogens with zero attached hydrogens (tertiary/aromatic N) is 2. The number of nitrogens with one attached hydrogen (secondary N) is 1. The molecular weight excluding hydrogens is 216 g/mol. The van der Waals surface area contributed by atoms with Gasteiger partial charge in [0.25, 0.3) is 0 Å². The Morgan fingerprint density at radius 3 is 2.94 bits per heavy atom. The lowest BCUT2D eigenvalue weighted by atomic mass is 10.3. The minimum absolute atomic E-state index is 0.550. The van der Waals surface area contributed by atoms with Crippen LogP contribution in [-0.2, 0) is 0 Å². The van der Waals surface area contributed by atoms with Crippen molar-refractivity contribution in [3.8, 4) is 5.88 Å². The molecule has 0 amide bonds. The Hall–Kier alpha value is -2.30. The van der Waals surface area contributed by atoms with E-state index in [0.29, 0.717) is 24.0 Å². The van der Waals surface area contributed by atoms with Gasteiger partial charge in [0.15, 0.2) is 0 Å². The first-order valence-corrected chi connectivity index (χ1v) is 5.35. The first kappa shape index (κ1) is 11.2. The third-order valence-corrected chi connectivity index (χ3v) is 2.09. The highest BCUT2D eigenvalue weighted by molar-refractivity contribution is 5.61. The fraction of sp³-hybridized carbons (Fsp3) is 0.167. The molecule has 0 spiro atoms. The van der Waals surface area contributed by atoms with Gasteiger partial charge in [-0.15, -0.1) is 0 Å². The highest BCUT2D eigenvalue weighted by Crippen LogP contribution is 2.18. The van der Waals surface area contributed by atoms with Crippen LogP contribution < -0.4 is 15.8 Å². The van der Waals surface area contributed by atoms with Gasteiger partial charge in [0.05, 0.1) is 6.61 Å². The average Bonchev–Trinajstić information content (AvgIpc) is 2.30. The van der Waals surface area contributed by atoms with Crippen molar-refractivity contribution >= 4 is 17.2 Å². The molecule has 0 fully saturated rings. The van der Waals surface area contributed by atoms with E-state index in [1.54, 1.807) is 6.07 Å². The van der Waals surface area contributed by atoms with E-state index in [9.17, 15) is 0 Å². The molecule has 0 bridgehead atoms. The van der Waals surface area contributed by atoms with Crippen molar-refractivity contribution in [3.05, 3.63) is 36.7 Å². The molecule has 17 heavy (non-hydrogen) atoms. The molecule has 1 aromatic heterocycles. The molecule has 2 rings (SSSR count). The number of benzene rings is 1. The zero-order chi connectivity index (χ0) is 12.1. The van der Waals surface area contributed by atoms with Gasteiger partial charge in [-0.05, 0) is 25.1 Å². The van der Waals surface area contributed by atoms with Gasteiger partial charge in [0.1, 0.15) is 12.1 Å². The number of hydrogen-bond donors (Lipinski definition) is 2. The fourth-order valence-electron chi connectivity index (χ4n) is 1.40. The van der Waals surface area contributed by atoms with Crippen LogP contribution in [0.15, 0.2) is 36.7 Å². The number of rotatable bonds is 4. The van der Waals surface area contributed by atoms with Crippen LogP contribution in [0.2, 0.25) is 0 Å². The lowest BCUT2D eigenvalue weighted by Gasteiger charge is -2.07. The van der Waals surface area contributed by atoms with Crippen molar-refractivity contribution in [1.29, 1.82) is 0 Å². The number of ether oxygens (including phenoxy) is 1. The van der Waals surface area contributed by atoms with Gasteiger partial charge in [-0.1, -0.05) is 6.07 Å². The third-order valence-electron chi connectivity index (χ3n) is 2.09. The van der Waals surface area contributed by atoms with E-state index < -0.39 is 0 Å². The number of aromatic nitrogens is 2. The van der Waals surface area contributed by atoms with Gasteiger partial charge in [-0.3, -0.25) is 0 Å². The molecule has 0 aliphatic heterocycles. The number of anilines is 3. The summed E-state index contributed by atoms with van der Waals surface area (Å²) in [5.74, 6) is 1.22. The molecule has 3 N–H and O–H groups in total. The predicted octanol–water partition coefficient (Wildman–Crippen LogP) is 2.20. The van der Waals surface area contributed by atoms with E-state index in [1.165, 1.54) is 6.33 Å². The molecule has 0 saturated carbocycles. The van der Waals surface area contributed by atoms with Crippen LogP contribution in [0.5, 0.6) is 5.88 Å². The molecule has 0 atom stereocenters. The van der Waals surface area contributed by atoms with Gasteiger partial charge >= 0.3 is 0 Å². The van der Waals surface area contributed by atoms with E-state index >= 15 is 0 Å². The number of nitrogens with two attached hydrogens (primary N) is 1. The van der Waals surface area contributed by atoms with Crippen LogP contribution in [-0.4, -0.2) is 16.6 Å². The SMILES string of the molecule is CCOc1cc(Nc2cccc(N)c2)ncn1.